The van der Waals surface area contributed by atoms with Crippen LogP contribution in [-0.4, -0.2) is 11.2 Å². The maximum absolute atomic E-state index is 9.80. The van der Waals surface area contributed by atoms with E-state index in [4.69, 9.17) is 0 Å². The van der Waals surface area contributed by atoms with Crippen molar-refractivity contribution in [3.05, 3.63) is 0 Å². The van der Waals surface area contributed by atoms with E-state index in [2.05, 4.69) is 6.92 Å². The molecule has 1 rings (SSSR count). The van der Waals surface area contributed by atoms with Crippen LogP contribution in [0, 0.1) is 5.41 Å². The highest BCUT2D eigenvalue weighted by Crippen LogP contribution is 2.45. The van der Waals surface area contributed by atoms with Gasteiger partial charge in [-0.05, 0) is 31.6 Å². The first-order valence-corrected chi connectivity index (χ1v) is 5.89. The van der Waals surface area contributed by atoms with Crippen molar-refractivity contribution < 1.29 is 5.11 Å². The normalized spacial score (nSPS) is 23.3. The third-order valence-electron chi connectivity index (χ3n) is 3.76. The van der Waals surface area contributed by atoms with Gasteiger partial charge in [0.2, 0.25) is 0 Å². The highest BCUT2D eigenvalue weighted by Gasteiger charge is 2.37. The Kier molecular flexibility index (Phi) is 4.24. The van der Waals surface area contributed by atoms with Gasteiger partial charge in [0, 0.05) is 0 Å². The fourth-order valence-corrected chi connectivity index (χ4v) is 2.68. The van der Waals surface area contributed by atoms with Crippen LogP contribution in [0.5, 0.6) is 0 Å². The summed E-state index contributed by atoms with van der Waals surface area (Å²) in [5.41, 5.74) is 0.301. The number of aliphatic hydroxyl groups excluding tert-OH is 1. The second kappa shape index (κ2) is 4.99. The molecule has 1 heteroatoms. The third kappa shape index (κ3) is 2.70. The number of hydrogen-bond acceptors (Lipinski definition) is 1. The van der Waals surface area contributed by atoms with Crippen molar-refractivity contribution in [3.8, 4) is 0 Å². The minimum Gasteiger partial charge on any atom is -0.393 e. The van der Waals surface area contributed by atoms with Crippen LogP contribution in [0.15, 0.2) is 0 Å². The SMILES string of the molecule is CCCCCC1(C(C)O)CCCC1. The third-order valence-corrected chi connectivity index (χ3v) is 3.76. The van der Waals surface area contributed by atoms with E-state index in [0.29, 0.717) is 5.41 Å². The summed E-state index contributed by atoms with van der Waals surface area (Å²) in [5, 5.41) is 9.80. The van der Waals surface area contributed by atoms with Gasteiger partial charge >= 0.3 is 0 Å². The second-order valence-electron chi connectivity index (χ2n) is 4.70. The van der Waals surface area contributed by atoms with E-state index in [1.165, 1.54) is 51.4 Å². The second-order valence-corrected chi connectivity index (χ2v) is 4.70. The van der Waals surface area contributed by atoms with Gasteiger partial charge in [0.25, 0.3) is 0 Å². The van der Waals surface area contributed by atoms with Gasteiger partial charge in [-0.3, -0.25) is 0 Å². The molecule has 1 aliphatic rings. The van der Waals surface area contributed by atoms with Gasteiger partial charge in [-0.25, -0.2) is 0 Å². The molecular weight excluding hydrogens is 160 g/mol. The van der Waals surface area contributed by atoms with Crippen LogP contribution in [0.3, 0.4) is 0 Å². The summed E-state index contributed by atoms with van der Waals surface area (Å²) in [6.45, 7) is 4.22. The molecule has 0 amide bonds. The molecule has 0 spiro atoms. The van der Waals surface area contributed by atoms with E-state index < -0.39 is 0 Å². The topological polar surface area (TPSA) is 20.2 Å². The van der Waals surface area contributed by atoms with Gasteiger partial charge in [-0.2, -0.15) is 0 Å². The Morgan fingerprint density at radius 2 is 1.85 bits per heavy atom. The largest absolute Gasteiger partial charge is 0.393 e. The number of aliphatic hydroxyl groups is 1. The molecule has 0 radical (unpaired) electrons. The maximum Gasteiger partial charge on any atom is 0.0568 e. The molecular formula is C12H24O. The predicted octanol–water partition coefficient (Wildman–Crippen LogP) is 3.51. The highest BCUT2D eigenvalue weighted by molar-refractivity contribution is 4.88. The molecule has 0 aromatic heterocycles. The molecule has 0 aromatic rings. The number of rotatable bonds is 5. The fourth-order valence-electron chi connectivity index (χ4n) is 2.68. The summed E-state index contributed by atoms with van der Waals surface area (Å²) in [5.74, 6) is 0. The molecule has 13 heavy (non-hydrogen) atoms. The first-order chi connectivity index (χ1) is 6.21. The Balaban J connectivity index is 2.38. The Bertz CT molecular complexity index is 134. The number of unbranched alkanes of at least 4 members (excludes halogenated alkanes) is 2. The van der Waals surface area contributed by atoms with Crippen LogP contribution in [-0.2, 0) is 0 Å². The summed E-state index contributed by atoms with van der Waals surface area (Å²) in [4.78, 5) is 0. The molecule has 1 atom stereocenters. The zero-order valence-electron chi connectivity index (χ0n) is 9.18. The molecule has 0 aromatic carbocycles. The zero-order valence-corrected chi connectivity index (χ0v) is 9.18. The number of hydrogen-bond donors (Lipinski definition) is 1. The summed E-state index contributed by atoms with van der Waals surface area (Å²) in [6.07, 6.45) is 10.3. The van der Waals surface area contributed by atoms with E-state index >= 15 is 0 Å². The Morgan fingerprint density at radius 3 is 2.31 bits per heavy atom. The predicted molar refractivity (Wildman–Crippen MR) is 56.7 cm³/mol. The van der Waals surface area contributed by atoms with Crippen molar-refractivity contribution >= 4 is 0 Å². The monoisotopic (exact) mass is 184 g/mol. The van der Waals surface area contributed by atoms with E-state index in [9.17, 15) is 5.11 Å². The zero-order chi connectivity index (χ0) is 9.73. The summed E-state index contributed by atoms with van der Waals surface area (Å²) in [6, 6.07) is 0. The lowest BCUT2D eigenvalue weighted by atomic mass is 9.76. The summed E-state index contributed by atoms with van der Waals surface area (Å²) < 4.78 is 0. The Hall–Kier alpha value is -0.0400. The van der Waals surface area contributed by atoms with E-state index in [1.54, 1.807) is 0 Å². The molecule has 0 bridgehead atoms. The first kappa shape index (κ1) is 11.0. The van der Waals surface area contributed by atoms with Crippen LogP contribution in [0.1, 0.15) is 65.2 Å². The van der Waals surface area contributed by atoms with Gasteiger partial charge < -0.3 is 5.11 Å². The van der Waals surface area contributed by atoms with Gasteiger partial charge in [0.1, 0.15) is 0 Å². The molecule has 78 valence electrons. The lowest BCUT2D eigenvalue weighted by molar-refractivity contribution is 0.0343. The summed E-state index contributed by atoms with van der Waals surface area (Å²) >= 11 is 0. The molecule has 1 nitrogen and oxygen atoms in total. The quantitative estimate of drug-likeness (QED) is 0.648. The molecule has 1 saturated carbocycles. The van der Waals surface area contributed by atoms with Crippen molar-refractivity contribution in [2.24, 2.45) is 5.41 Å². The highest BCUT2D eigenvalue weighted by atomic mass is 16.3. The van der Waals surface area contributed by atoms with E-state index in [1.807, 2.05) is 6.92 Å². The van der Waals surface area contributed by atoms with E-state index in [-0.39, 0.29) is 6.10 Å². The minimum absolute atomic E-state index is 0.0909. The molecule has 1 N–H and O–H groups in total. The van der Waals surface area contributed by atoms with Gasteiger partial charge in [0.05, 0.1) is 6.10 Å². The minimum atomic E-state index is -0.0909. The van der Waals surface area contributed by atoms with Crippen molar-refractivity contribution in [1.29, 1.82) is 0 Å². The molecule has 0 heterocycles. The molecule has 1 unspecified atom stereocenters. The smallest absolute Gasteiger partial charge is 0.0568 e. The first-order valence-electron chi connectivity index (χ1n) is 5.89. The van der Waals surface area contributed by atoms with Crippen LogP contribution in [0.25, 0.3) is 0 Å². The van der Waals surface area contributed by atoms with Crippen molar-refractivity contribution in [2.45, 2.75) is 71.3 Å². The molecule has 1 fully saturated rings. The molecule has 0 saturated heterocycles. The average molecular weight is 184 g/mol. The summed E-state index contributed by atoms with van der Waals surface area (Å²) in [7, 11) is 0. The van der Waals surface area contributed by atoms with Crippen molar-refractivity contribution in [3.63, 3.8) is 0 Å². The van der Waals surface area contributed by atoms with Crippen LogP contribution < -0.4 is 0 Å². The molecule has 1 aliphatic carbocycles. The lowest BCUT2D eigenvalue weighted by Crippen LogP contribution is -2.29. The van der Waals surface area contributed by atoms with Crippen LogP contribution in [0.2, 0.25) is 0 Å². The van der Waals surface area contributed by atoms with E-state index in [0.717, 1.165) is 0 Å². The average Bonchev–Trinajstić information content (AvgIpc) is 2.55. The lowest BCUT2D eigenvalue weighted by Gasteiger charge is -2.32. The fraction of sp³-hybridized carbons (Fsp3) is 1.00. The Morgan fingerprint density at radius 1 is 1.23 bits per heavy atom. The van der Waals surface area contributed by atoms with Gasteiger partial charge in [-0.1, -0.05) is 39.0 Å². The molecule has 0 aliphatic heterocycles. The van der Waals surface area contributed by atoms with Gasteiger partial charge in [-0.15, -0.1) is 0 Å². The standard InChI is InChI=1S/C12H24O/c1-3-4-5-8-12(11(2)13)9-6-7-10-12/h11,13H,3-10H2,1-2H3. The van der Waals surface area contributed by atoms with Crippen LogP contribution in [0.4, 0.5) is 0 Å². The van der Waals surface area contributed by atoms with Crippen molar-refractivity contribution in [2.75, 3.05) is 0 Å². The van der Waals surface area contributed by atoms with Crippen molar-refractivity contribution in [1.82, 2.24) is 0 Å². The van der Waals surface area contributed by atoms with Gasteiger partial charge in [0.15, 0.2) is 0 Å². The maximum atomic E-state index is 9.80. The Labute approximate surface area is 82.5 Å². The van der Waals surface area contributed by atoms with Crippen LogP contribution >= 0.6 is 0 Å².